The number of carbonyl (C=O) groups is 3. The van der Waals surface area contributed by atoms with Crippen molar-refractivity contribution < 1.29 is 29.0 Å². The zero-order valence-corrected chi connectivity index (χ0v) is 20.1. The fourth-order valence-corrected chi connectivity index (χ4v) is 4.94. The molecule has 2 aliphatic rings. The van der Waals surface area contributed by atoms with Crippen molar-refractivity contribution in [1.29, 1.82) is 0 Å². The minimum absolute atomic E-state index is 0.00861. The molecule has 1 aliphatic heterocycles. The molecule has 2 N–H and O–H groups in total. The lowest BCUT2D eigenvalue weighted by Crippen LogP contribution is -2.42. The van der Waals surface area contributed by atoms with Crippen LogP contribution in [0.1, 0.15) is 43.7 Å². The lowest BCUT2D eigenvalue weighted by Gasteiger charge is -2.28. The van der Waals surface area contributed by atoms with Gasteiger partial charge in [-0.25, -0.2) is 4.79 Å². The van der Waals surface area contributed by atoms with Gasteiger partial charge in [-0.2, -0.15) is 0 Å². The molecule has 186 valence electrons. The van der Waals surface area contributed by atoms with E-state index in [-0.39, 0.29) is 62.6 Å². The molecule has 0 aromatic heterocycles. The molecule has 0 radical (unpaired) electrons. The molecule has 0 bridgehead atoms. The minimum Gasteiger partial charge on any atom is -0.481 e. The van der Waals surface area contributed by atoms with Gasteiger partial charge in [0.15, 0.2) is 0 Å². The number of amides is 2. The van der Waals surface area contributed by atoms with Gasteiger partial charge in [-0.3, -0.25) is 9.59 Å². The van der Waals surface area contributed by atoms with E-state index in [4.69, 9.17) is 14.6 Å². The molecule has 1 aliphatic carbocycles. The average Bonchev–Trinajstić information content (AvgIpc) is 3.44. The fourth-order valence-electron chi connectivity index (χ4n) is 4.94. The summed E-state index contributed by atoms with van der Waals surface area (Å²) in [5.74, 6) is -1.40. The molecule has 0 unspecified atom stereocenters. The number of carbonyl (C=O) groups excluding carboxylic acids is 2. The normalized spacial score (nSPS) is 18.7. The van der Waals surface area contributed by atoms with E-state index in [9.17, 15) is 14.4 Å². The number of hydrogen-bond donors (Lipinski definition) is 2. The Bertz CT molecular complexity index is 1040. The maximum absolute atomic E-state index is 12.9. The largest absolute Gasteiger partial charge is 0.481 e. The summed E-state index contributed by atoms with van der Waals surface area (Å²) in [4.78, 5) is 37.8. The molecule has 8 nitrogen and oxygen atoms in total. The van der Waals surface area contributed by atoms with Gasteiger partial charge in [-0.15, -0.1) is 0 Å². The van der Waals surface area contributed by atoms with Gasteiger partial charge in [0.05, 0.1) is 25.0 Å². The molecule has 8 heteroatoms. The summed E-state index contributed by atoms with van der Waals surface area (Å²) in [6.45, 7) is 4.64. The first kappa shape index (κ1) is 24.7. The van der Waals surface area contributed by atoms with E-state index in [0.717, 1.165) is 11.1 Å². The first-order valence-corrected chi connectivity index (χ1v) is 12.1. The topological polar surface area (TPSA) is 105 Å². The third-order valence-corrected chi connectivity index (χ3v) is 6.72. The smallest absolute Gasteiger partial charge is 0.407 e. The maximum Gasteiger partial charge on any atom is 0.407 e. The minimum atomic E-state index is -0.934. The van der Waals surface area contributed by atoms with Crippen LogP contribution < -0.4 is 5.32 Å². The van der Waals surface area contributed by atoms with E-state index >= 15 is 0 Å². The molecule has 0 spiro atoms. The Balaban J connectivity index is 1.26. The molecule has 4 rings (SSSR count). The molecule has 0 saturated carbocycles. The summed E-state index contributed by atoms with van der Waals surface area (Å²) in [5.41, 5.74) is 4.65. The number of nitrogens with zero attached hydrogens (tertiary/aromatic N) is 1. The van der Waals surface area contributed by atoms with Crippen molar-refractivity contribution in [3.8, 4) is 11.1 Å². The lowest BCUT2D eigenvalue weighted by molar-refractivity contribution is -0.140. The van der Waals surface area contributed by atoms with E-state index in [2.05, 4.69) is 29.6 Å². The van der Waals surface area contributed by atoms with Crippen LogP contribution in [-0.2, 0) is 19.1 Å². The summed E-state index contributed by atoms with van der Waals surface area (Å²) in [6.07, 6.45) is -0.434. The van der Waals surface area contributed by atoms with Gasteiger partial charge >= 0.3 is 12.1 Å². The number of aliphatic carboxylic acids is 1. The summed E-state index contributed by atoms with van der Waals surface area (Å²) < 4.78 is 11.3. The van der Waals surface area contributed by atoms with E-state index in [1.807, 2.05) is 38.1 Å². The highest BCUT2D eigenvalue weighted by Crippen LogP contribution is 2.44. The molecule has 2 aromatic carbocycles. The average molecular weight is 481 g/mol. The first-order valence-electron chi connectivity index (χ1n) is 12.1. The first-order chi connectivity index (χ1) is 16.8. The Hall–Kier alpha value is -3.39. The number of fused-ring (bicyclic) bond motifs is 3. The van der Waals surface area contributed by atoms with Gasteiger partial charge in [0.25, 0.3) is 0 Å². The second kappa shape index (κ2) is 10.9. The Morgan fingerprint density at radius 1 is 1.09 bits per heavy atom. The number of carboxylic acids is 1. The predicted molar refractivity (Wildman–Crippen MR) is 130 cm³/mol. The van der Waals surface area contributed by atoms with Crippen LogP contribution in [0.25, 0.3) is 11.1 Å². The Morgan fingerprint density at radius 2 is 1.71 bits per heavy atom. The SMILES string of the molecule is CC(C)N(CCC(=O)O)C(=O)[C@@H]1CO[C@H](CNC(=O)OCC2c3ccccc3-c3ccccc32)C1. The van der Waals surface area contributed by atoms with Crippen LogP contribution in [0.4, 0.5) is 4.79 Å². The highest BCUT2D eigenvalue weighted by Gasteiger charge is 2.35. The molecule has 2 aromatic rings. The zero-order valence-electron chi connectivity index (χ0n) is 20.1. The van der Waals surface area contributed by atoms with Gasteiger partial charge in [0.2, 0.25) is 5.91 Å². The monoisotopic (exact) mass is 480 g/mol. The number of benzene rings is 2. The summed E-state index contributed by atoms with van der Waals surface area (Å²) in [6, 6.07) is 16.2. The Morgan fingerprint density at radius 3 is 2.31 bits per heavy atom. The maximum atomic E-state index is 12.9. The molecule has 1 fully saturated rings. The van der Waals surface area contributed by atoms with Crippen LogP contribution in [0, 0.1) is 5.92 Å². The number of ether oxygens (including phenoxy) is 2. The molecule has 2 amide bonds. The van der Waals surface area contributed by atoms with Gasteiger partial charge in [-0.1, -0.05) is 48.5 Å². The van der Waals surface area contributed by atoms with E-state index in [1.54, 1.807) is 4.90 Å². The van der Waals surface area contributed by atoms with Gasteiger partial charge < -0.3 is 24.8 Å². The zero-order chi connectivity index (χ0) is 24.9. The van der Waals surface area contributed by atoms with Crippen molar-refractivity contribution in [2.75, 3.05) is 26.3 Å². The summed E-state index contributed by atoms with van der Waals surface area (Å²) >= 11 is 0. The van der Waals surface area contributed by atoms with Crippen molar-refractivity contribution in [1.82, 2.24) is 10.2 Å². The molecule has 1 saturated heterocycles. The molecule has 2 atom stereocenters. The van der Waals surface area contributed by atoms with E-state index in [1.165, 1.54) is 11.1 Å². The summed E-state index contributed by atoms with van der Waals surface area (Å²) in [7, 11) is 0. The standard InChI is InChI=1S/C27H32N2O6/c1-17(2)29(12-11-25(30)31)26(32)18-13-19(34-15-18)14-28-27(33)35-16-24-22-9-5-3-7-20(22)21-8-4-6-10-23(21)24/h3-10,17-19,24H,11-16H2,1-2H3,(H,28,33)(H,30,31)/t18-,19-/m0/s1. The van der Waals surface area contributed by atoms with Crippen LogP contribution in [0.15, 0.2) is 48.5 Å². The van der Waals surface area contributed by atoms with Crippen LogP contribution in [0.3, 0.4) is 0 Å². The third kappa shape index (κ3) is 5.65. The Labute approximate surface area is 205 Å². The van der Waals surface area contributed by atoms with Gasteiger partial charge in [0, 0.05) is 25.0 Å². The van der Waals surface area contributed by atoms with Crippen molar-refractivity contribution in [3.63, 3.8) is 0 Å². The summed E-state index contributed by atoms with van der Waals surface area (Å²) in [5, 5.41) is 11.7. The second-order valence-electron chi connectivity index (χ2n) is 9.36. The van der Waals surface area contributed by atoms with Crippen LogP contribution in [-0.4, -0.2) is 66.4 Å². The van der Waals surface area contributed by atoms with Crippen LogP contribution in [0.5, 0.6) is 0 Å². The highest BCUT2D eigenvalue weighted by molar-refractivity contribution is 5.80. The third-order valence-electron chi connectivity index (χ3n) is 6.72. The number of hydrogen-bond acceptors (Lipinski definition) is 5. The lowest BCUT2D eigenvalue weighted by atomic mass is 9.98. The molecular formula is C27H32N2O6. The van der Waals surface area contributed by atoms with Gasteiger partial charge in [0.1, 0.15) is 6.61 Å². The quantitative estimate of drug-likeness (QED) is 0.568. The van der Waals surface area contributed by atoms with E-state index < -0.39 is 12.1 Å². The van der Waals surface area contributed by atoms with Crippen molar-refractivity contribution in [2.45, 2.75) is 44.8 Å². The second-order valence-corrected chi connectivity index (χ2v) is 9.36. The molecule has 35 heavy (non-hydrogen) atoms. The number of nitrogens with one attached hydrogen (secondary N) is 1. The molecular weight excluding hydrogens is 448 g/mol. The van der Waals surface area contributed by atoms with Crippen molar-refractivity contribution in [3.05, 3.63) is 59.7 Å². The number of carboxylic acid groups (broad SMARTS) is 1. The van der Waals surface area contributed by atoms with Crippen LogP contribution in [0.2, 0.25) is 0 Å². The fraction of sp³-hybridized carbons (Fsp3) is 0.444. The van der Waals surface area contributed by atoms with Crippen molar-refractivity contribution in [2.24, 2.45) is 5.92 Å². The van der Waals surface area contributed by atoms with E-state index in [0.29, 0.717) is 6.42 Å². The number of rotatable bonds is 9. The van der Waals surface area contributed by atoms with Gasteiger partial charge in [-0.05, 0) is 42.5 Å². The highest BCUT2D eigenvalue weighted by atomic mass is 16.5. The Kier molecular flexibility index (Phi) is 7.70. The van der Waals surface area contributed by atoms with Crippen molar-refractivity contribution >= 4 is 18.0 Å². The predicted octanol–water partition coefficient (Wildman–Crippen LogP) is 3.64. The molecule has 1 heterocycles. The van der Waals surface area contributed by atoms with Crippen LogP contribution >= 0.6 is 0 Å². The number of alkyl carbamates (subject to hydrolysis) is 1.